The molecule has 0 aromatic heterocycles. The maximum atomic E-state index is 12.5. The highest BCUT2D eigenvalue weighted by molar-refractivity contribution is 5.79. The number of hydrogen-bond donors (Lipinski definition) is 1. The van der Waals surface area contributed by atoms with Crippen molar-refractivity contribution in [3.8, 4) is 0 Å². The first-order valence-corrected chi connectivity index (χ1v) is 7.86. The molecule has 0 spiro atoms. The molecule has 2 rings (SSSR count). The first-order chi connectivity index (χ1) is 9.59. The van der Waals surface area contributed by atoms with Crippen LogP contribution in [0.15, 0.2) is 0 Å². The summed E-state index contributed by atoms with van der Waals surface area (Å²) in [7, 11) is 0. The molecule has 2 amide bonds. The summed E-state index contributed by atoms with van der Waals surface area (Å²) >= 11 is 0. The van der Waals surface area contributed by atoms with Gasteiger partial charge in [0.2, 0.25) is 0 Å². The second kappa shape index (κ2) is 6.46. The fourth-order valence-electron chi connectivity index (χ4n) is 3.54. The van der Waals surface area contributed by atoms with Gasteiger partial charge in [0.1, 0.15) is 0 Å². The lowest BCUT2D eigenvalue weighted by Gasteiger charge is -2.42. The molecular weight excluding hydrogens is 256 g/mol. The van der Waals surface area contributed by atoms with E-state index in [1.54, 1.807) is 4.90 Å². The van der Waals surface area contributed by atoms with Crippen molar-refractivity contribution >= 4 is 12.0 Å². The van der Waals surface area contributed by atoms with Crippen LogP contribution < -0.4 is 0 Å². The van der Waals surface area contributed by atoms with Gasteiger partial charge in [0, 0.05) is 26.2 Å². The average Bonchev–Trinajstić information content (AvgIpc) is 2.48. The first-order valence-electron chi connectivity index (χ1n) is 7.86. The van der Waals surface area contributed by atoms with Gasteiger partial charge in [-0.2, -0.15) is 0 Å². The van der Waals surface area contributed by atoms with Crippen LogP contribution in [0.25, 0.3) is 0 Å². The van der Waals surface area contributed by atoms with Gasteiger partial charge in [-0.3, -0.25) is 4.79 Å². The SMILES string of the molecule is CCCC1(C(=O)O)CCCN(C(=O)N2CCCCC2)C1. The number of aliphatic carboxylic acids is 1. The third-order valence-electron chi connectivity index (χ3n) is 4.66. The minimum absolute atomic E-state index is 0.0473. The smallest absolute Gasteiger partial charge is 0.320 e. The topological polar surface area (TPSA) is 60.9 Å². The van der Waals surface area contributed by atoms with Crippen molar-refractivity contribution in [2.24, 2.45) is 5.41 Å². The quantitative estimate of drug-likeness (QED) is 0.865. The van der Waals surface area contributed by atoms with Crippen LogP contribution in [0.5, 0.6) is 0 Å². The Labute approximate surface area is 120 Å². The van der Waals surface area contributed by atoms with Gasteiger partial charge in [-0.15, -0.1) is 0 Å². The number of likely N-dealkylation sites (tertiary alicyclic amines) is 2. The standard InChI is InChI=1S/C15H26N2O3/c1-2-7-15(13(18)19)8-6-11-17(12-15)14(20)16-9-4-3-5-10-16/h2-12H2,1H3,(H,18,19). The van der Waals surface area contributed by atoms with E-state index in [1.807, 2.05) is 11.8 Å². The van der Waals surface area contributed by atoms with Crippen molar-refractivity contribution in [1.82, 2.24) is 9.80 Å². The largest absolute Gasteiger partial charge is 0.481 e. The van der Waals surface area contributed by atoms with E-state index >= 15 is 0 Å². The number of nitrogens with zero attached hydrogens (tertiary/aromatic N) is 2. The molecule has 0 aliphatic carbocycles. The number of urea groups is 1. The summed E-state index contributed by atoms with van der Waals surface area (Å²) in [6, 6.07) is 0.0473. The molecule has 2 fully saturated rings. The van der Waals surface area contributed by atoms with E-state index in [9.17, 15) is 14.7 Å². The minimum atomic E-state index is -0.740. The van der Waals surface area contributed by atoms with Crippen LogP contribution in [0.2, 0.25) is 0 Å². The van der Waals surface area contributed by atoms with Crippen LogP contribution in [0.1, 0.15) is 51.9 Å². The first kappa shape index (κ1) is 15.1. The van der Waals surface area contributed by atoms with E-state index < -0.39 is 11.4 Å². The molecule has 2 saturated heterocycles. The molecule has 2 aliphatic rings. The van der Waals surface area contributed by atoms with Crippen LogP contribution in [-0.4, -0.2) is 53.1 Å². The molecule has 20 heavy (non-hydrogen) atoms. The number of piperidine rings is 2. The molecule has 1 N–H and O–H groups in total. The predicted octanol–water partition coefficient (Wildman–Crippen LogP) is 2.56. The lowest BCUT2D eigenvalue weighted by molar-refractivity contribution is -0.152. The van der Waals surface area contributed by atoms with Crippen LogP contribution in [-0.2, 0) is 4.79 Å². The van der Waals surface area contributed by atoms with Crippen molar-refractivity contribution in [2.45, 2.75) is 51.9 Å². The van der Waals surface area contributed by atoms with Crippen LogP contribution >= 0.6 is 0 Å². The van der Waals surface area contributed by atoms with Crippen molar-refractivity contribution in [3.05, 3.63) is 0 Å². The molecule has 0 aromatic carbocycles. The zero-order valence-corrected chi connectivity index (χ0v) is 12.4. The zero-order valence-electron chi connectivity index (χ0n) is 12.4. The number of amides is 2. The van der Waals surface area contributed by atoms with Crippen LogP contribution in [0.3, 0.4) is 0 Å². The number of carboxylic acids is 1. The molecule has 2 aliphatic heterocycles. The van der Waals surface area contributed by atoms with E-state index in [2.05, 4.69) is 0 Å². The Morgan fingerprint density at radius 3 is 2.30 bits per heavy atom. The molecule has 0 bridgehead atoms. The van der Waals surface area contributed by atoms with E-state index in [0.29, 0.717) is 25.9 Å². The van der Waals surface area contributed by atoms with Gasteiger partial charge in [0.05, 0.1) is 5.41 Å². The van der Waals surface area contributed by atoms with Crippen molar-refractivity contribution in [1.29, 1.82) is 0 Å². The molecule has 2 heterocycles. The van der Waals surface area contributed by atoms with Gasteiger partial charge in [-0.1, -0.05) is 13.3 Å². The Hall–Kier alpha value is -1.26. The van der Waals surface area contributed by atoms with Crippen molar-refractivity contribution in [2.75, 3.05) is 26.2 Å². The Bertz CT molecular complexity index is 362. The van der Waals surface area contributed by atoms with Gasteiger partial charge in [0.15, 0.2) is 0 Å². The van der Waals surface area contributed by atoms with Gasteiger partial charge in [-0.25, -0.2) is 4.79 Å². The summed E-state index contributed by atoms with van der Waals surface area (Å²) in [6.07, 6.45) is 6.33. The molecule has 0 saturated carbocycles. The van der Waals surface area contributed by atoms with Gasteiger partial charge >= 0.3 is 12.0 Å². The molecule has 0 aromatic rings. The zero-order chi connectivity index (χ0) is 14.6. The summed E-state index contributed by atoms with van der Waals surface area (Å²) in [5.41, 5.74) is -0.724. The van der Waals surface area contributed by atoms with Gasteiger partial charge in [-0.05, 0) is 38.5 Å². The van der Waals surface area contributed by atoms with Crippen LogP contribution in [0.4, 0.5) is 4.79 Å². The molecule has 1 atom stereocenters. The molecule has 5 heteroatoms. The lowest BCUT2D eigenvalue weighted by atomic mass is 9.76. The predicted molar refractivity (Wildman–Crippen MR) is 76.6 cm³/mol. The number of hydrogen-bond acceptors (Lipinski definition) is 2. The Balaban J connectivity index is 2.04. The fourth-order valence-corrected chi connectivity index (χ4v) is 3.54. The highest BCUT2D eigenvalue weighted by Gasteiger charge is 2.43. The molecular formula is C15H26N2O3. The highest BCUT2D eigenvalue weighted by Crippen LogP contribution is 2.35. The molecule has 5 nitrogen and oxygen atoms in total. The third-order valence-corrected chi connectivity index (χ3v) is 4.66. The van der Waals surface area contributed by atoms with Crippen LogP contribution in [0, 0.1) is 5.41 Å². The minimum Gasteiger partial charge on any atom is -0.481 e. The molecule has 0 radical (unpaired) electrons. The maximum Gasteiger partial charge on any atom is 0.320 e. The Morgan fingerprint density at radius 2 is 1.70 bits per heavy atom. The average molecular weight is 282 g/mol. The van der Waals surface area contributed by atoms with E-state index in [0.717, 1.165) is 38.8 Å². The number of carboxylic acid groups (broad SMARTS) is 1. The van der Waals surface area contributed by atoms with E-state index in [1.165, 1.54) is 6.42 Å². The second-order valence-corrected chi connectivity index (χ2v) is 6.19. The number of carbonyl (C=O) groups is 2. The normalized spacial score (nSPS) is 27.4. The Kier molecular flexibility index (Phi) is 4.89. The monoisotopic (exact) mass is 282 g/mol. The Morgan fingerprint density at radius 1 is 1.05 bits per heavy atom. The maximum absolute atomic E-state index is 12.5. The number of rotatable bonds is 3. The second-order valence-electron chi connectivity index (χ2n) is 6.19. The lowest BCUT2D eigenvalue weighted by Crippen LogP contribution is -2.54. The molecule has 114 valence electrons. The van der Waals surface area contributed by atoms with E-state index in [4.69, 9.17) is 0 Å². The number of carbonyl (C=O) groups excluding carboxylic acids is 1. The van der Waals surface area contributed by atoms with Crippen molar-refractivity contribution < 1.29 is 14.7 Å². The molecule has 1 unspecified atom stereocenters. The summed E-state index contributed by atoms with van der Waals surface area (Å²) < 4.78 is 0. The fraction of sp³-hybridized carbons (Fsp3) is 0.867. The van der Waals surface area contributed by atoms with Gasteiger partial charge in [0.25, 0.3) is 0 Å². The summed E-state index contributed by atoms with van der Waals surface area (Å²) in [5, 5.41) is 9.58. The summed E-state index contributed by atoms with van der Waals surface area (Å²) in [5.74, 6) is -0.740. The highest BCUT2D eigenvalue weighted by atomic mass is 16.4. The van der Waals surface area contributed by atoms with Gasteiger partial charge < -0.3 is 14.9 Å². The van der Waals surface area contributed by atoms with E-state index in [-0.39, 0.29) is 6.03 Å². The van der Waals surface area contributed by atoms with Crippen molar-refractivity contribution in [3.63, 3.8) is 0 Å². The summed E-state index contributed by atoms with van der Waals surface area (Å²) in [4.78, 5) is 27.9. The summed E-state index contributed by atoms with van der Waals surface area (Å²) in [6.45, 7) is 4.74. The third kappa shape index (κ3) is 3.07.